The summed E-state index contributed by atoms with van der Waals surface area (Å²) in [6.07, 6.45) is 1.43. The Morgan fingerprint density at radius 2 is 1.92 bits per heavy atom. The number of carbonyl (C=O) groups is 1. The smallest absolute Gasteiger partial charge is 0.269 e. The maximum atomic E-state index is 11.3. The standard InChI is InChI=1S/C14H15N7O3/c1-9(22)16-13-12(8-15-14(17-13)20(2)3)19-18-10-4-6-11(7-5-10)21(23)24/h4-8H,1-3H3,(H,15,16,17,22). The Kier molecular flexibility index (Phi) is 5.09. The van der Waals surface area contributed by atoms with Gasteiger partial charge in [-0.15, -0.1) is 5.11 Å². The molecular formula is C14H15N7O3. The highest BCUT2D eigenvalue weighted by Crippen LogP contribution is 2.26. The van der Waals surface area contributed by atoms with Crippen LogP contribution in [0, 0.1) is 10.1 Å². The summed E-state index contributed by atoms with van der Waals surface area (Å²) in [6.45, 7) is 1.36. The molecule has 0 radical (unpaired) electrons. The van der Waals surface area contributed by atoms with E-state index in [0.29, 0.717) is 11.6 Å². The van der Waals surface area contributed by atoms with Crippen LogP contribution in [0.4, 0.5) is 28.8 Å². The molecular weight excluding hydrogens is 314 g/mol. The van der Waals surface area contributed by atoms with Crippen molar-refractivity contribution in [3.8, 4) is 0 Å². The molecule has 10 heteroatoms. The van der Waals surface area contributed by atoms with Crippen LogP contribution < -0.4 is 10.2 Å². The molecule has 124 valence electrons. The molecule has 2 rings (SSSR count). The highest BCUT2D eigenvalue weighted by Gasteiger charge is 2.10. The van der Waals surface area contributed by atoms with Gasteiger partial charge in [0.15, 0.2) is 5.82 Å². The summed E-state index contributed by atoms with van der Waals surface area (Å²) in [5.41, 5.74) is 0.659. The van der Waals surface area contributed by atoms with Crippen molar-refractivity contribution in [1.29, 1.82) is 0 Å². The number of benzene rings is 1. The van der Waals surface area contributed by atoms with Crippen LogP contribution >= 0.6 is 0 Å². The highest BCUT2D eigenvalue weighted by atomic mass is 16.6. The lowest BCUT2D eigenvalue weighted by molar-refractivity contribution is -0.384. The molecule has 0 saturated heterocycles. The summed E-state index contributed by atoms with van der Waals surface area (Å²) < 4.78 is 0. The van der Waals surface area contributed by atoms with Gasteiger partial charge in [0.25, 0.3) is 5.69 Å². The zero-order valence-electron chi connectivity index (χ0n) is 13.3. The van der Waals surface area contributed by atoms with Gasteiger partial charge in [-0.25, -0.2) is 4.98 Å². The van der Waals surface area contributed by atoms with Crippen LogP contribution in [0.3, 0.4) is 0 Å². The van der Waals surface area contributed by atoms with Crippen LogP contribution in [0.2, 0.25) is 0 Å². The minimum Gasteiger partial charge on any atom is -0.347 e. The summed E-state index contributed by atoms with van der Waals surface area (Å²) in [6, 6.07) is 5.59. The van der Waals surface area contributed by atoms with Gasteiger partial charge >= 0.3 is 0 Å². The van der Waals surface area contributed by atoms with Crippen LogP contribution in [0.25, 0.3) is 0 Å². The number of hydrogen-bond donors (Lipinski definition) is 1. The lowest BCUT2D eigenvalue weighted by atomic mass is 10.3. The number of hydrogen-bond acceptors (Lipinski definition) is 8. The Bertz CT molecular complexity index is 787. The third-order valence-corrected chi connectivity index (χ3v) is 2.78. The maximum Gasteiger partial charge on any atom is 0.269 e. The predicted molar refractivity (Wildman–Crippen MR) is 87.9 cm³/mol. The number of nitro benzene ring substituents is 1. The monoisotopic (exact) mass is 329 g/mol. The fourth-order valence-corrected chi connectivity index (χ4v) is 1.67. The van der Waals surface area contributed by atoms with Crippen molar-refractivity contribution in [2.45, 2.75) is 6.92 Å². The number of azo groups is 1. The van der Waals surface area contributed by atoms with Gasteiger partial charge in [-0.05, 0) is 12.1 Å². The predicted octanol–water partition coefficient (Wildman–Crippen LogP) is 2.82. The summed E-state index contributed by atoms with van der Waals surface area (Å²) in [7, 11) is 3.54. The van der Waals surface area contributed by atoms with Crippen molar-refractivity contribution in [2.75, 3.05) is 24.3 Å². The number of carbonyl (C=O) groups excluding carboxylic acids is 1. The fraction of sp³-hybridized carbons (Fsp3) is 0.214. The highest BCUT2D eigenvalue weighted by molar-refractivity contribution is 5.90. The Morgan fingerprint density at radius 3 is 2.46 bits per heavy atom. The molecule has 0 fully saturated rings. The molecule has 24 heavy (non-hydrogen) atoms. The Hall–Kier alpha value is -3.43. The molecule has 0 aliphatic rings. The molecule has 0 unspecified atom stereocenters. The van der Waals surface area contributed by atoms with Crippen LogP contribution in [0.15, 0.2) is 40.7 Å². The quantitative estimate of drug-likeness (QED) is 0.510. The summed E-state index contributed by atoms with van der Waals surface area (Å²) in [5.74, 6) is 0.338. The Morgan fingerprint density at radius 1 is 1.25 bits per heavy atom. The molecule has 1 aromatic heterocycles. The van der Waals surface area contributed by atoms with E-state index in [1.165, 1.54) is 37.4 Å². The van der Waals surface area contributed by atoms with Crippen molar-refractivity contribution in [2.24, 2.45) is 10.2 Å². The molecule has 0 bridgehead atoms. The largest absolute Gasteiger partial charge is 0.347 e. The number of nitrogens with zero attached hydrogens (tertiary/aromatic N) is 6. The van der Waals surface area contributed by atoms with Gasteiger partial charge in [-0.1, -0.05) is 0 Å². The molecule has 0 aliphatic heterocycles. The number of non-ortho nitro benzene ring substituents is 1. The van der Waals surface area contributed by atoms with E-state index in [1.807, 2.05) is 0 Å². The minimum atomic E-state index is -0.496. The van der Waals surface area contributed by atoms with Gasteiger partial charge in [-0.3, -0.25) is 14.9 Å². The van der Waals surface area contributed by atoms with Gasteiger partial charge in [0.2, 0.25) is 11.9 Å². The third-order valence-electron chi connectivity index (χ3n) is 2.78. The number of nitrogens with one attached hydrogen (secondary N) is 1. The molecule has 1 N–H and O–H groups in total. The summed E-state index contributed by atoms with van der Waals surface area (Å²) in [4.78, 5) is 31.4. The first-order chi connectivity index (χ1) is 11.4. The number of nitro groups is 1. The molecule has 0 spiro atoms. The van der Waals surface area contributed by atoms with Gasteiger partial charge in [0, 0.05) is 33.2 Å². The van der Waals surface area contributed by atoms with Crippen molar-refractivity contribution in [3.63, 3.8) is 0 Å². The zero-order valence-corrected chi connectivity index (χ0v) is 13.3. The lowest BCUT2D eigenvalue weighted by Crippen LogP contribution is -2.15. The van der Waals surface area contributed by atoms with Gasteiger partial charge in [0.05, 0.1) is 16.8 Å². The molecule has 1 amide bonds. The first kappa shape index (κ1) is 16.9. The Labute approximate surface area is 137 Å². The first-order valence-electron chi connectivity index (χ1n) is 6.85. The van der Waals surface area contributed by atoms with Gasteiger partial charge in [0.1, 0.15) is 5.69 Å². The number of anilines is 2. The fourth-order valence-electron chi connectivity index (χ4n) is 1.67. The van der Waals surface area contributed by atoms with Gasteiger partial charge < -0.3 is 10.2 Å². The van der Waals surface area contributed by atoms with Crippen LogP contribution in [-0.4, -0.2) is 34.9 Å². The Balaban J connectivity index is 2.29. The van der Waals surface area contributed by atoms with E-state index in [9.17, 15) is 14.9 Å². The van der Waals surface area contributed by atoms with E-state index >= 15 is 0 Å². The normalized spacial score (nSPS) is 10.6. The molecule has 0 atom stereocenters. The first-order valence-corrected chi connectivity index (χ1v) is 6.85. The SMILES string of the molecule is CC(=O)Nc1nc(N(C)C)ncc1N=Nc1ccc([N+](=O)[O-])cc1. The second-order valence-electron chi connectivity index (χ2n) is 4.95. The topological polar surface area (TPSA) is 126 Å². The molecule has 10 nitrogen and oxygen atoms in total. The third kappa shape index (κ3) is 4.29. The zero-order chi connectivity index (χ0) is 17.7. The maximum absolute atomic E-state index is 11.3. The minimum absolute atomic E-state index is 0.0356. The lowest BCUT2D eigenvalue weighted by Gasteiger charge is -2.12. The molecule has 0 saturated carbocycles. The molecule has 1 aromatic carbocycles. The van der Waals surface area contributed by atoms with Crippen molar-refractivity contribution >= 4 is 34.7 Å². The van der Waals surface area contributed by atoms with E-state index in [0.717, 1.165) is 0 Å². The van der Waals surface area contributed by atoms with E-state index < -0.39 is 4.92 Å². The summed E-state index contributed by atoms with van der Waals surface area (Å²) in [5, 5.41) is 21.2. The van der Waals surface area contributed by atoms with E-state index in [1.54, 1.807) is 19.0 Å². The van der Waals surface area contributed by atoms with Crippen LogP contribution in [-0.2, 0) is 4.79 Å². The van der Waals surface area contributed by atoms with Crippen molar-refractivity contribution in [3.05, 3.63) is 40.6 Å². The number of amides is 1. The van der Waals surface area contributed by atoms with E-state index in [-0.39, 0.29) is 23.1 Å². The summed E-state index contributed by atoms with van der Waals surface area (Å²) >= 11 is 0. The number of rotatable bonds is 5. The molecule has 0 aliphatic carbocycles. The van der Waals surface area contributed by atoms with E-state index in [2.05, 4.69) is 25.5 Å². The van der Waals surface area contributed by atoms with Gasteiger partial charge in [-0.2, -0.15) is 10.1 Å². The second-order valence-corrected chi connectivity index (χ2v) is 4.95. The molecule has 2 aromatic rings. The average Bonchev–Trinajstić information content (AvgIpc) is 2.53. The second kappa shape index (κ2) is 7.22. The molecule has 1 heterocycles. The number of aromatic nitrogens is 2. The van der Waals surface area contributed by atoms with Crippen molar-refractivity contribution in [1.82, 2.24) is 9.97 Å². The average molecular weight is 329 g/mol. The van der Waals surface area contributed by atoms with Crippen molar-refractivity contribution < 1.29 is 9.72 Å². The van der Waals surface area contributed by atoms with Crippen LogP contribution in [0.5, 0.6) is 0 Å². The van der Waals surface area contributed by atoms with E-state index in [4.69, 9.17) is 0 Å². The van der Waals surface area contributed by atoms with Crippen LogP contribution in [0.1, 0.15) is 6.92 Å².